The zero-order valence-corrected chi connectivity index (χ0v) is 13.0. The number of amides is 2. The molecule has 0 aromatic carbocycles. The van der Waals surface area contributed by atoms with Crippen molar-refractivity contribution in [3.63, 3.8) is 0 Å². The first-order valence-electron chi connectivity index (χ1n) is 7.53. The molecule has 1 aliphatic rings. The van der Waals surface area contributed by atoms with E-state index < -0.39 is 6.04 Å². The van der Waals surface area contributed by atoms with Gasteiger partial charge in [-0.15, -0.1) is 0 Å². The Bertz CT molecular complexity index is 336. The summed E-state index contributed by atoms with van der Waals surface area (Å²) in [6, 6.07) is -0.642. The standard InChI is InChI=1S/C14H27N3O4/c1-3-21-10-4-8-16-12(18)6-5-11(15)14(19)17-9-7-13(17)20-2/h11,13H,3-10,15H2,1-2H3,(H,16,18). The van der Waals surface area contributed by atoms with E-state index in [0.29, 0.717) is 32.7 Å². The zero-order valence-electron chi connectivity index (χ0n) is 13.0. The summed E-state index contributed by atoms with van der Waals surface area (Å²) in [6.07, 6.45) is 2.08. The van der Waals surface area contributed by atoms with Crippen molar-refractivity contribution in [2.24, 2.45) is 5.73 Å². The number of methoxy groups -OCH3 is 1. The highest BCUT2D eigenvalue weighted by atomic mass is 16.5. The van der Waals surface area contributed by atoms with Gasteiger partial charge in [-0.3, -0.25) is 9.59 Å². The number of nitrogens with zero attached hydrogens (tertiary/aromatic N) is 1. The molecule has 1 heterocycles. The van der Waals surface area contributed by atoms with Crippen molar-refractivity contribution in [1.29, 1.82) is 0 Å². The van der Waals surface area contributed by atoms with E-state index in [1.165, 1.54) is 0 Å². The predicted octanol–water partition coefficient (Wildman–Crippen LogP) is -0.158. The molecule has 1 fully saturated rings. The first kappa shape index (κ1) is 17.9. The molecule has 2 amide bonds. The van der Waals surface area contributed by atoms with Crippen LogP contribution in [0.15, 0.2) is 0 Å². The largest absolute Gasteiger partial charge is 0.382 e. The molecule has 2 unspecified atom stereocenters. The molecule has 2 atom stereocenters. The molecular formula is C14H27N3O4. The lowest BCUT2D eigenvalue weighted by Gasteiger charge is -2.40. The smallest absolute Gasteiger partial charge is 0.241 e. The van der Waals surface area contributed by atoms with Crippen LogP contribution in [0.1, 0.15) is 32.6 Å². The Hall–Kier alpha value is -1.18. The van der Waals surface area contributed by atoms with Gasteiger partial charge in [0.05, 0.1) is 6.04 Å². The third kappa shape index (κ3) is 5.99. The number of likely N-dealkylation sites (tertiary alicyclic amines) is 1. The fraction of sp³-hybridized carbons (Fsp3) is 0.857. The lowest BCUT2D eigenvalue weighted by molar-refractivity contribution is -0.161. The van der Waals surface area contributed by atoms with Gasteiger partial charge < -0.3 is 25.4 Å². The van der Waals surface area contributed by atoms with Crippen molar-refractivity contribution in [2.45, 2.75) is 44.9 Å². The van der Waals surface area contributed by atoms with Gasteiger partial charge in [0, 0.05) is 46.3 Å². The van der Waals surface area contributed by atoms with Crippen LogP contribution in [-0.2, 0) is 19.1 Å². The average molecular weight is 301 g/mol. The number of carbonyl (C=O) groups excluding carboxylic acids is 2. The molecule has 21 heavy (non-hydrogen) atoms. The Balaban J connectivity index is 2.13. The Kier molecular flexibility index (Phi) is 8.26. The molecule has 3 N–H and O–H groups in total. The SMILES string of the molecule is CCOCCCNC(=O)CCC(N)C(=O)N1CCC1OC. The van der Waals surface area contributed by atoms with Crippen molar-refractivity contribution in [3.8, 4) is 0 Å². The first-order chi connectivity index (χ1) is 10.1. The molecule has 0 bridgehead atoms. The van der Waals surface area contributed by atoms with E-state index in [9.17, 15) is 9.59 Å². The van der Waals surface area contributed by atoms with Crippen LogP contribution in [-0.4, -0.2) is 62.4 Å². The van der Waals surface area contributed by atoms with Crippen LogP contribution >= 0.6 is 0 Å². The summed E-state index contributed by atoms with van der Waals surface area (Å²) in [6.45, 7) is 4.52. The van der Waals surface area contributed by atoms with Crippen molar-refractivity contribution >= 4 is 11.8 Å². The van der Waals surface area contributed by atoms with Crippen LogP contribution in [0.25, 0.3) is 0 Å². The van der Waals surface area contributed by atoms with Crippen molar-refractivity contribution in [1.82, 2.24) is 10.2 Å². The minimum absolute atomic E-state index is 0.0818. The molecule has 7 nitrogen and oxygen atoms in total. The molecule has 0 spiro atoms. The van der Waals surface area contributed by atoms with Crippen LogP contribution in [0.4, 0.5) is 0 Å². The molecule has 122 valence electrons. The summed E-state index contributed by atoms with van der Waals surface area (Å²) >= 11 is 0. The molecule has 1 aliphatic heterocycles. The third-order valence-corrected chi connectivity index (χ3v) is 3.51. The van der Waals surface area contributed by atoms with Crippen LogP contribution in [0.2, 0.25) is 0 Å². The summed E-state index contributed by atoms with van der Waals surface area (Å²) in [5.74, 6) is -0.223. The van der Waals surface area contributed by atoms with Gasteiger partial charge >= 0.3 is 0 Å². The second kappa shape index (κ2) is 9.70. The van der Waals surface area contributed by atoms with Crippen molar-refractivity contribution in [3.05, 3.63) is 0 Å². The Morgan fingerprint density at radius 3 is 2.81 bits per heavy atom. The number of ether oxygens (including phenoxy) is 2. The zero-order chi connectivity index (χ0) is 15.7. The highest BCUT2D eigenvalue weighted by molar-refractivity contribution is 5.83. The molecule has 0 saturated carbocycles. The molecule has 0 radical (unpaired) electrons. The topological polar surface area (TPSA) is 93.9 Å². The second-order valence-electron chi connectivity index (χ2n) is 5.06. The van der Waals surface area contributed by atoms with Crippen LogP contribution < -0.4 is 11.1 Å². The molecule has 0 aromatic heterocycles. The van der Waals surface area contributed by atoms with E-state index >= 15 is 0 Å². The van der Waals surface area contributed by atoms with Crippen LogP contribution in [0.3, 0.4) is 0 Å². The van der Waals surface area contributed by atoms with Crippen molar-refractivity contribution < 1.29 is 19.1 Å². The van der Waals surface area contributed by atoms with Crippen LogP contribution in [0, 0.1) is 0 Å². The number of nitrogens with one attached hydrogen (secondary N) is 1. The van der Waals surface area contributed by atoms with E-state index in [0.717, 1.165) is 12.8 Å². The number of nitrogens with two attached hydrogens (primary N) is 1. The van der Waals surface area contributed by atoms with E-state index in [1.54, 1.807) is 12.0 Å². The molecular weight excluding hydrogens is 274 g/mol. The van der Waals surface area contributed by atoms with E-state index in [-0.39, 0.29) is 24.5 Å². The maximum absolute atomic E-state index is 12.0. The fourth-order valence-electron chi connectivity index (χ4n) is 2.12. The number of hydrogen-bond acceptors (Lipinski definition) is 5. The summed E-state index contributed by atoms with van der Waals surface area (Å²) in [7, 11) is 1.57. The Labute approximate surface area is 126 Å². The van der Waals surface area contributed by atoms with Crippen molar-refractivity contribution in [2.75, 3.05) is 33.4 Å². The van der Waals surface area contributed by atoms with Gasteiger partial charge in [0.25, 0.3) is 0 Å². The second-order valence-corrected chi connectivity index (χ2v) is 5.06. The van der Waals surface area contributed by atoms with E-state index in [4.69, 9.17) is 15.2 Å². The molecule has 1 saturated heterocycles. The Morgan fingerprint density at radius 1 is 1.48 bits per heavy atom. The third-order valence-electron chi connectivity index (χ3n) is 3.51. The van der Waals surface area contributed by atoms with Gasteiger partial charge in [0.1, 0.15) is 6.23 Å². The highest BCUT2D eigenvalue weighted by Gasteiger charge is 2.34. The van der Waals surface area contributed by atoms with Crippen LogP contribution in [0.5, 0.6) is 0 Å². The van der Waals surface area contributed by atoms with E-state index in [1.807, 2.05) is 6.92 Å². The maximum atomic E-state index is 12.0. The van der Waals surface area contributed by atoms with Gasteiger partial charge in [-0.1, -0.05) is 0 Å². The van der Waals surface area contributed by atoms with Gasteiger partial charge in [-0.05, 0) is 19.8 Å². The highest BCUT2D eigenvalue weighted by Crippen LogP contribution is 2.19. The average Bonchev–Trinajstić information content (AvgIpc) is 2.43. The normalized spacial score (nSPS) is 19.0. The monoisotopic (exact) mass is 301 g/mol. The maximum Gasteiger partial charge on any atom is 0.241 e. The summed E-state index contributed by atoms with van der Waals surface area (Å²) < 4.78 is 10.3. The number of hydrogen-bond donors (Lipinski definition) is 2. The summed E-state index contributed by atoms with van der Waals surface area (Å²) in [4.78, 5) is 25.2. The molecule has 0 aromatic rings. The fourth-order valence-corrected chi connectivity index (χ4v) is 2.12. The Morgan fingerprint density at radius 2 is 2.24 bits per heavy atom. The minimum Gasteiger partial charge on any atom is -0.382 e. The quantitative estimate of drug-likeness (QED) is 0.547. The van der Waals surface area contributed by atoms with Gasteiger partial charge in [-0.2, -0.15) is 0 Å². The summed E-state index contributed by atoms with van der Waals surface area (Å²) in [5, 5.41) is 2.79. The minimum atomic E-state index is -0.642. The lowest BCUT2D eigenvalue weighted by atomic mass is 10.1. The molecule has 1 rings (SSSR count). The predicted molar refractivity (Wildman–Crippen MR) is 78.5 cm³/mol. The lowest BCUT2D eigenvalue weighted by Crippen LogP contribution is -2.57. The van der Waals surface area contributed by atoms with Gasteiger partial charge in [0.15, 0.2) is 0 Å². The number of carbonyl (C=O) groups is 2. The summed E-state index contributed by atoms with van der Waals surface area (Å²) in [5.41, 5.74) is 5.84. The van der Waals surface area contributed by atoms with Gasteiger partial charge in [-0.25, -0.2) is 0 Å². The van der Waals surface area contributed by atoms with Gasteiger partial charge in [0.2, 0.25) is 11.8 Å². The van der Waals surface area contributed by atoms with E-state index in [2.05, 4.69) is 5.32 Å². The first-order valence-corrected chi connectivity index (χ1v) is 7.53. The molecule has 7 heteroatoms. The molecule has 0 aliphatic carbocycles. The number of rotatable bonds is 10.